The number of guanidine groups is 2. The van der Waals surface area contributed by atoms with Gasteiger partial charge in [-0.05, 0) is 19.3 Å². The number of hydrogen-bond donors (Lipinski definition) is 7. The third-order valence-corrected chi connectivity index (χ3v) is 3.33. The Balaban J connectivity index is 5.73. The SMILES string of the molecule is N=C(N)NCCCC[C@@](CC(F)(F)F)(C(=O)O)N(CC(F)(F)F)NC(=N)N. The van der Waals surface area contributed by atoms with Gasteiger partial charge in [0.25, 0.3) is 0 Å². The predicted molar refractivity (Wildman–Crippen MR) is 82.6 cm³/mol. The Hall–Kier alpha value is -2.45. The summed E-state index contributed by atoms with van der Waals surface area (Å²) in [5.41, 5.74) is 8.44. The second-order valence-corrected chi connectivity index (χ2v) is 5.65. The van der Waals surface area contributed by atoms with Crippen molar-refractivity contribution in [1.82, 2.24) is 15.8 Å². The normalized spacial score (nSPS) is 14.5. The van der Waals surface area contributed by atoms with Crippen LogP contribution in [0.15, 0.2) is 0 Å². The summed E-state index contributed by atoms with van der Waals surface area (Å²) in [5, 5.41) is 25.4. The van der Waals surface area contributed by atoms with Gasteiger partial charge < -0.3 is 21.9 Å². The first-order valence-electron chi connectivity index (χ1n) is 7.42. The van der Waals surface area contributed by atoms with E-state index in [9.17, 15) is 36.2 Å². The molecule has 1 atom stereocenters. The maximum absolute atomic E-state index is 13.0. The molecule has 15 heteroatoms. The van der Waals surface area contributed by atoms with Crippen LogP contribution in [0.4, 0.5) is 26.3 Å². The highest BCUT2D eigenvalue weighted by Crippen LogP contribution is 2.36. The summed E-state index contributed by atoms with van der Waals surface area (Å²) in [6.07, 6.45) is -13.3. The number of alkyl halides is 6. The molecule has 0 amide bonds. The van der Waals surface area contributed by atoms with Gasteiger partial charge in [0, 0.05) is 6.54 Å². The summed E-state index contributed by atoms with van der Waals surface area (Å²) in [7, 11) is 0. The van der Waals surface area contributed by atoms with Crippen LogP contribution in [0.5, 0.6) is 0 Å². The molecule has 0 aromatic rings. The predicted octanol–water partition coefficient (Wildman–Crippen LogP) is 0.678. The Bertz CT molecular complexity index is 539. The molecule has 0 aliphatic rings. The number of carboxylic acids is 1. The molecule has 0 heterocycles. The number of hydrogen-bond acceptors (Lipinski definition) is 4. The Kier molecular flexibility index (Phi) is 8.62. The van der Waals surface area contributed by atoms with Crippen LogP contribution < -0.4 is 22.2 Å². The van der Waals surface area contributed by atoms with Gasteiger partial charge in [-0.3, -0.25) is 21.0 Å². The third-order valence-electron chi connectivity index (χ3n) is 3.33. The fourth-order valence-corrected chi connectivity index (χ4v) is 2.34. The van der Waals surface area contributed by atoms with Gasteiger partial charge in [0.1, 0.15) is 12.1 Å². The van der Waals surface area contributed by atoms with Crippen molar-refractivity contribution in [3.8, 4) is 0 Å². The van der Waals surface area contributed by atoms with Crippen molar-refractivity contribution >= 4 is 17.9 Å². The lowest BCUT2D eigenvalue weighted by Crippen LogP contribution is -2.65. The summed E-state index contributed by atoms with van der Waals surface area (Å²) in [6.45, 7) is -2.07. The minimum Gasteiger partial charge on any atom is -0.480 e. The standard InChI is InChI=1S/C12H21F6N7O2/c13-11(14,15)5-10(7(26)27,3-1-2-4-23-8(19)20)25(24-9(21)22)6-12(16,17)18/h1-6H2,(H,26,27)(H4,19,20,23)(H4,21,22,24)/t10-/m1/s1. The van der Waals surface area contributed by atoms with Gasteiger partial charge in [-0.25, -0.2) is 0 Å². The monoisotopic (exact) mass is 409 g/mol. The van der Waals surface area contributed by atoms with Gasteiger partial charge in [-0.2, -0.15) is 31.4 Å². The first kappa shape index (κ1) is 24.6. The number of hydrazine groups is 1. The molecule has 0 rings (SSSR count). The van der Waals surface area contributed by atoms with Crippen molar-refractivity contribution < 1.29 is 36.2 Å². The van der Waals surface area contributed by atoms with Gasteiger partial charge in [0.2, 0.25) is 5.96 Å². The molecule has 0 unspecified atom stereocenters. The molecule has 0 radical (unpaired) electrons. The summed E-state index contributed by atoms with van der Waals surface area (Å²) in [6, 6.07) is 0. The van der Waals surface area contributed by atoms with Crippen molar-refractivity contribution in [2.75, 3.05) is 13.1 Å². The van der Waals surface area contributed by atoms with E-state index in [4.69, 9.17) is 22.3 Å². The largest absolute Gasteiger partial charge is 0.480 e. The van der Waals surface area contributed by atoms with Crippen LogP contribution in [0.3, 0.4) is 0 Å². The van der Waals surface area contributed by atoms with Crippen molar-refractivity contribution in [2.24, 2.45) is 11.5 Å². The van der Waals surface area contributed by atoms with Crippen LogP contribution >= 0.6 is 0 Å². The van der Waals surface area contributed by atoms with E-state index in [0.29, 0.717) is 0 Å². The highest BCUT2D eigenvalue weighted by atomic mass is 19.4. The Morgan fingerprint density at radius 3 is 1.93 bits per heavy atom. The number of unbranched alkanes of at least 4 members (excludes halogenated alkanes) is 1. The van der Waals surface area contributed by atoms with Crippen molar-refractivity contribution in [1.29, 1.82) is 10.8 Å². The molecule has 9 nitrogen and oxygen atoms in total. The molecule has 0 bridgehead atoms. The molecule has 0 saturated carbocycles. The highest BCUT2D eigenvalue weighted by Gasteiger charge is 2.54. The van der Waals surface area contributed by atoms with E-state index in [1.807, 2.05) is 0 Å². The second kappa shape index (κ2) is 9.48. The Morgan fingerprint density at radius 2 is 1.56 bits per heavy atom. The number of nitrogens with two attached hydrogens (primary N) is 2. The van der Waals surface area contributed by atoms with E-state index < -0.39 is 55.2 Å². The summed E-state index contributed by atoms with van der Waals surface area (Å²) < 4.78 is 77.3. The molecule has 27 heavy (non-hydrogen) atoms. The van der Waals surface area contributed by atoms with Gasteiger partial charge in [0.15, 0.2) is 5.96 Å². The average molecular weight is 409 g/mol. The van der Waals surface area contributed by atoms with Crippen LogP contribution in [-0.4, -0.2) is 59.0 Å². The Morgan fingerprint density at radius 1 is 1.00 bits per heavy atom. The maximum Gasteiger partial charge on any atom is 0.403 e. The highest BCUT2D eigenvalue weighted by molar-refractivity contribution is 5.80. The van der Waals surface area contributed by atoms with E-state index in [2.05, 4.69) is 5.32 Å². The lowest BCUT2D eigenvalue weighted by atomic mass is 9.87. The number of aliphatic carboxylic acids is 1. The molecular formula is C12H21F6N7O2. The van der Waals surface area contributed by atoms with Crippen LogP contribution in [0.1, 0.15) is 25.7 Å². The van der Waals surface area contributed by atoms with E-state index in [0.717, 1.165) is 0 Å². The molecule has 0 aliphatic carbocycles. The zero-order chi connectivity index (χ0) is 21.5. The fourth-order valence-electron chi connectivity index (χ4n) is 2.34. The number of nitrogens with one attached hydrogen (secondary N) is 4. The molecule has 0 fully saturated rings. The zero-order valence-electron chi connectivity index (χ0n) is 14.0. The lowest BCUT2D eigenvalue weighted by Gasteiger charge is -2.41. The minimum absolute atomic E-state index is 0.0104. The van der Waals surface area contributed by atoms with Crippen molar-refractivity contribution in [2.45, 2.75) is 43.6 Å². The van der Waals surface area contributed by atoms with Crippen LogP contribution in [0, 0.1) is 10.8 Å². The quantitative estimate of drug-likeness (QED) is 0.0916. The smallest absolute Gasteiger partial charge is 0.403 e. The number of carbonyl (C=O) groups is 1. The molecule has 158 valence electrons. The number of nitrogens with zero attached hydrogens (tertiary/aromatic N) is 1. The molecule has 0 aromatic heterocycles. The van der Waals surface area contributed by atoms with Crippen LogP contribution in [-0.2, 0) is 4.79 Å². The number of rotatable bonds is 10. The first-order chi connectivity index (χ1) is 12.1. The molecular weight excluding hydrogens is 388 g/mol. The third kappa shape index (κ3) is 9.72. The van der Waals surface area contributed by atoms with Gasteiger partial charge >= 0.3 is 18.3 Å². The molecule has 9 N–H and O–H groups in total. The van der Waals surface area contributed by atoms with Gasteiger partial charge in [0.05, 0.1) is 6.42 Å². The van der Waals surface area contributed by atoms with Crippen LogP contribution in [0.2, 0.25) is 0 Å². The van der Waals surface area contributed by atoms with Gasteiger partial charge in [-0.15, -0.1) is 0 Å². The molecule has 0 aliphatic heterocycles. The minimum atomic E-state index is -5.11. The topological polar surface area (TPSA) is 164 Å². The van der Waals surface area contributed by atoms with E-state index in [1.165, 1.54) is 0 Å². The molecule has 0 saturated heterocycles. The summed E-state index contributed by atoms with van der Waals surface area (Å²) in [5.74, 6) is -3.73. The van der Waals surface area contributed by atoms with E-state index in [-0.39, 0.29) is 24.4 Å². The molecule has 0 aromatic carbocycles. The summed E-state index contributed by atoms with van der Waals surface area (Å²) >= 11 is 0. The average Bonchev–Trinajstić information content (AvgIpc) is 2.40. The van der Waals surface area contributed by atoms with Crippen molar-refractivity contribution in [3.05, 3.63) is 0 Å². The first-order valence-corrected chi connectivity index (χ1v) is 7.42. The van der Waals surface area contributed by atoms with Crippen LogP contribution in [0.25, 0.3) is 0 Å². The zero-order valence-corrected chi connectivity index (χ0v) is 14.0. The van der Waals surface area contributed by atoms with Crippen molar-refractivity contribution in [3.63, 3.8) is 0 Å². The maximum atomic E-state index is 13.0. The van der Waals surface area contributed by atoms with Gasteiger partial charge in [-0.1, -0.05) is 0 Å². The summed E-state index contributed by atoms with van der Waals surface area (Å²) in [4.78, 5) is 11.6. The number of carboxylic acid groups (broad SMARTS) is 1. The van der Waals surface area contributed by atoms with E-state index in [1.54, 1.807) is 5.43 Å². The Labute approximate surface area is 150 Å². The number of halogens is 6. The fraction of sp³-hybridized carbons (Fsp3) is 0.750. The second-order valence-electron chi connectivity index (χ2n) is 5.65. The molecule has 0 spiro atoms. The lowest BCUT2D eigenvalue weighted by molar-refractivity contribution is -0.207. The van der Waals surface area contributed by atoms with E-state index >= 15 is 0 Å².